The highest BCUT2D eigenvalue weighted by atomic mass is 32.1. The van der Waals surface area contributed by atoms with E-state index in [9.17, 15) is 28.8 Å². The number of carbonyl (C=O) groups excluding carboxylic acids is 6. The summed E-state index contributed by atoms with van der Waals surface area (Å²) in [6.07, 6.45) is 13.9. The Morgan fingerprint density at radius 2 is 0.954 bits per heavy atom. The van der Waals surface area contributed by atoms with Gasteiger partial charge in [0, 0.05) is 23.4 Å². The van der Waals surface area contributed by atoms with Gasteiger partial charge in [-0.25, -0.2) is 14.6 Å². The van der Waals surface area contributed by atoms with Crippen LogP contribution in [0.5, 0.6) is 34.5 Å². The van der Waals surface area contributed by atoms with Crippen LogP contribution in [0.15, 0.2) is 152 Å². The van der Waals surface area contributed by atoms with Crippen LogP contribution in [-0.4, -0.2) is 78.6 Å². The first-order chi connectivity index (χ1) is 42.4. The monoisotopic (exact) mass is 1220 g/mol. The second kappa shape index (κ2) is 33.8. The number of aromatic nitrogens is 1. The van der Waals surface area contributed by atoms with E-state index in [1.54, 1.807) is 66.7 Å². The smallest absolute Gasteiger partial charge is 0.330 e. The lowest BCUT2D eigenvalue weighted by Gasteiger charge is -2.26. The van der Waals surface area contributed by atoms with E-state index in [-0.39, 0.29) is 28.6 Å². The Labute approximate surface area is 515 Å². The van der Waals surface area contributed by atoms with Crippen LogP contribution in [0.4, 0.5) is 10.8 Å². The lowest BCUT2D eigenvalue weighted by Crippen LogP contribution is -2.31. The van der Waals surface area contributed by atoms with Crippen LogP contribution >= 0.6 is 23.6 Å². The van der Waals surface area contributed by atoms with E-state index in [0.29, 0.717) is 111 Å². The molecule has 2 fully saturated rings. The number of thiazole rings is 1. The van der Waals surface area contributed by atoms with Crippen molar-refractivity contribution in [3.8, 4) is 34.5 Å². The SMILES string of the molecule is C=CC(=O)OCCCCCCOc1ccc(OC(=O)[C@H]2CC[C@H](C(=O)Oc3ccc(OC(=O)[C@H]4CC[C@H](C(=O)Oc5ccc(OCCCCCCOC(=O)C=C)cc5)CC4)c(/C=N/N(C(=S)Nc4ccccc4)c4nc5ccccc5s4)c3)CC2)cc1. The molecule has 6 aromatic rings. The Morgan fingerprint density at radius 3 is 1.44 bits per heavy atom. The van der Waals surface area contributed by atoms with E-state index in [4.69, 9.17) is 60.2 Å². The summed E-state index contributed by atoms with van der Waals surface area (Å²) in [6, 6.07) is 35.5. The van der Waals surface area contributed by atoms with Crippen LogP contribution in [0.3, 0.4) is 0 Å². The largest absolute Gasteiger partial charge is 0.494 e. The molecule has 456 valence electrons. The maximum atomic E-state index is 14.0. The molecule has 18 nitrogen and oxygen atoms in total. The molecule has 2 saturated carbocycles. The molecule has 0 atom stereocenters. The zero-order chi connectivity index (χ0) is 61.2. The van der Waals surface area contributed by atoms with Crippen LogP contribution in [0, 0.1) is 23.7 Å². The molecular weight excluding hydrogens is 1150 g/mol. The molecule has 0 saturated heterocycles. The van der Waals surface area contributed by atoms with Crippen molar-refractivity contribution in [3.05, 3.63) is 152 Å². The molecule has 8 rings (SSSR count). The number of anilines is 2. The number of benzene rings is 5. The highest BCUT2D eigenvalue weighted by Crippen LogP contribution is 2.36. The fourth-order valence-electron chi connectivity index (χ4n) is 9.83. The summed E-state index contributed by atoms with van der Waals surface area (Å²) in [5.41, 5.74) is 1.78. The number of unbranched alkanes of at least 4 members (excludes halogenated alkanes) is 6. The molecule has 2 aliphatic carbocycles. The topological polar surface area (TPSA) is 217 Å². The minimum Gasteiger partial charge on any atom is -0.494 e. The third-order valence-electron chi connectivity index (χ3n) is 14.7. The summed E-state index contributed by atoms with van der Waals surface area (Å²) in [7, 11) is 0. The second-order valence-electron chi connectivity index (χ2n) is 21.0. The summed E-state index contributed by atoms with van der Waals surface area (Å²) in [4.78, 5) is 81.7. The maximum Gasteiger partial charge on any atom is 0.330 e. The lowest BCUT2D eigenvalue weighted by molar-refractivity contribution is -0.145. The Balaban J connectivity index is 0.859. The van der Waals surface area contributed by atoms with Gasteiger partial charge in [-0.05, 0) is 206 Å². The van der Waals surface area contributed by atoms with Gasteiger partial charge in [0.15, 0.2) is 0 Å². The van der Waals surface area contributed by atoms with Crippen molar-refractivity contribution < 1.29 is 66.7 Å². The zero-order valence-corrected chi connectivity index (χ0v) is 50.2. The zero-order valence-electron chi connectivity index (χ0n) is 48.5. The van der Waals surface area contributed by atoms with Crippen molar-refractivity contribution in [3.63, 3.8) is 0 Å². The van der Waals surface area contributed by atoms with Gasteiger partial charge in [-0.1, -0.05) is 54.8 Å². The van der Waals surface area contributed by atoms with Crippen molar-refractivity contribution in [1.29, 1.82) is 0 Å². The van der Waals surface area contributed by atoms with Gasteiger partial charge < -0.3 is 43.2 Å². The van der Waals surface area contributed by atoms with Crippen LogP contribution in [0.25, 0.3) is 10.2 Å². The third kappa shape index (κ3) is 20.5. The molecule has 1 aromatic heterocycles. The van der Waals surface area contributed by atoms with Crippen LogP contribution in [0.2, 0.25) is 0 Å². The number of thiocarbonyl (C=S) groups is 1. The Kier molecular flexibility index (Phi) is 25.0. The van der Waals surface area contributed by atoms with Crippen molar-refractivity contribution in [1.82, 2.24) is 4.98 Å². The van der Waals surface area contributed by atoms with Crippen LogP contribution in [0.1, 0.15) is 108 Å². The molecule has 5 aromatic carbocycles. The number of nitrogens with one attached hydrogen (secondary N) is 1. The molecule has 0 aliphatic heterocycles. The van der Waals surface area contributed by atoms with Gasteiger partial charge in [0.25, 0.3) is 0 Å². The molecular formula is C67H72N4O14S2. The number of fused-ring (bicyclic) bond motifs is 1. The predicted octanol–water partition coefficient (Wildman–Crippen LogP) is 13.5. The van der Waals surface area contributed by atoms with E-state index in [2.05, 4.69) is 18.5 Å². The number of para-hydroxylation sites is 2. The Hall–Kier alpha value is -8.75. The highest BCUT2D eigenvalue weighted by molar-refractivity contribution is 7.80. The lowest BCUT2D eigenvalue weighted by atomic mass is 9.82. The van der Waals surface area contributed by atoms with Gasteiger partial charge in [-0.2, -0.15) is 10.1 Å². The fourth-order valence-corrected chi connectivity index (χ4v) is 11.1. The first kappa shape index (κ1) is 64.3. The summed E-state index contributed by atoms with van der Waals surface area (Å²) >= 11 is 7.31. The summed E-state index contributed by atoms with van der Waals surface area (Å²) in [5.74, 6) is -1.92. The first-order valence-corrected chi connectivity index (χ1v) is 30.7. The van der Waals surface area contributed by atoms with E-state index in [0.717, 1.165) is 79.4 Å². The van der Waals surface area contributed by atoms with Crippen molar-refractivity contribution in [2.45, 2.75) is 103 Å². The normalized spacial score (nSPS) is 16.4. The van der Waals surface area contributed by atoms with Gasteiger partial charge in [0.1, 0.15) is 34.5 Å². The van der Waals surface area contributed by atoms with Crippen molar-refractivity contribution >= 4 is 91.7 Å². The third-order valence-corrected chi connectivity index (χ3v) is 16.0. The van der Waals surface area contributed by atoms with E-state index in [1.807, 2.05) is 54.6 Å². The van der Waals surface area contributed by atoms with Crippen molar-refractivity contribution in [2.75, 3.05) is 36.8 Å². The molecule has 2 aliphatic rings. The number of ether oxygens (including phenoxy) is 8. The maximum absolute atomic E-state index is 14.0. The average Bonchev–Trinajstić information content (AvgIpc) is 4.09. The predicted molar refractivity (Wildman–Crippen MR) is 335 cm³/mol. The van der Waals surface area contributed by atoms with Gasteiger partial charge in [-0.3, -0.25) is 19.2 Å². The molecule has 0 amide bonds. The minimum atomic E-state index is -0.515. The summed E-state index contributed by atoms with van der Waals surface area (Å²) < 4.78 is 46.3. The first-order valence-electron chi connectivity index (χ1n) is 29.5. The van der Waals surface area contributed by atoms with Crippen molar-refractivity contribution in [2.24, 2.45) is 28.8 Å². The van der Waals surface area contributed by atoms with E-state index < -0.39 is 47.5 Å². The Morgan fingerprint density at radius 1 is 0.529 bits per heavy atom. The van der Waals surface area contributed by atoms with Crippen LogP contribution < -0.4 is 38.7 Å². The minimum absolute atomic E-state index is 0.155. The average molecular weight is 1220 g/mol. The Bertz CT molecular complexity index is 3290. The molecule has 0 bridgehead atoms. The number of hydrazone groups is 1. The van der Waals surface area contributed by atoms with Crippen LogP contribution in [-0.2, 0) is 38.2 Å². The molecule has 20 heteroatoms. The number of rotatable bonds is 30. The molecule has 87 heavy (non-hydrogen) atoms. The van der Waals surface area contributed by atoms with Gasteiger partial charge in [0.2, 0.25) is 10.2 Å². The number of hydrogen-bond donors (Lipinski definition) is 1. The standard InChI is InChI=1S/C67H72N4O14S2/c1-3-60(72)80-42-16-7-5-14-40-78-52-30-34-54(35-31-52)82-62(74)46-22-24-48(25-23-46)64(76)84-56-38-39-58(50(44-56)45-68-71(66(86)69-51-18-10-9-11-19-51)67-70-57-20-12-13-21-59(57)87-67)85-65(77)49-28-26-47(27-29-49)63(75)83-55-36-32-53(33-37-55)79-41-15-6-8-17-43-81-61(73)4-2/h3-4,9-13,18-21,30-39,44-49H,1-2,5-8,14-17,22-29,40-43H2,(H,69,86)/b68-45+/t46-,47-,48-,49-. The van der Waals surface area contributed by atoms with Gasteiger partial charge in [0.05, 0.1) is 66.5 Å². The fraction of sp³-hybridized carbons (Fsp3) is 0.358. The number of esters is 6. The number of carbonyl (C=O) groups is 6. The molecule has 0 radical (unpaired) electrons. The summed E-state index contributed by atoms with van der Waals surface area (Å²) in [5, 5.41) is 10.2. The van der Waals surface area contributed by atoms with Gasteiger partial charge in [-0.15, -0.1) is 0 Å². The second-order valence-corrected chi connectivity index (χ2v) is 22.4. The molecule has 1 heterocycles. The van der Waals surface area contributed by atoms with E-state index in [1.165, 1.54) is 22.6 Å². The highest BCUT2D eigenvalue weighted by Gasteiger charge is 2.34. The molecule has 0 unspecified atom stereocenters. The number of hydrogen-bond acceptors (Lipinski definition) is 18. The van der Waals surface area contributed by atoms with E-state index >= 15 is 0 Å². The quantitative estimate of drug-likeness (QED) is 0.00843. The number of nitrogens with zero attached hydrogens (tertiary/aromatic N) is 3. The molecule has 0 spiro atoms. The van der Waals surface area contributed by atoms with Gasteiger partial charge >= 0.3 is 35.8 Å². The summed E-state index contributed by atoms with van der Waals surface area (Å²) in [6.45, 7) is 8.55. The molecule has 1 N–H and O–H groups in total.